The second-order valence-electron chi connectivity index (χ2n) is 6.69. The van der Waals surface area contributed by atoms with Crippen molar-refractivity contribution in [3.8, 4) is 5.69 Å². The molecule has 2 aromatic carbocycles. The molecule has 1 aromatic heterocycles. The van der Waals surface area contributed by atoms with E-state index >= 15 is 0 Å². The van der Waals surface area contributed by atoms with Crippen LogP contribution in [-0.4, -0.2) is 26.8 Å². The number of halogens is 2. The first-order valence-corrected chi connectivity index (χ1v) is 9.76. The normalized spacial score (nSPS) is 14.8. The van der Waals surface area contributed by atoms with E-state index in [4.69, 9.17) is 0 Å². The van der Waals surface area contributed by atoms with E-state index in [0.717, 1.165) is 35.2 Å². The van der Waals surface area contributed by atoms with Gasteiger partial charge in [0.2, 0.25) is 5.91 Å². The van der Waals surface area contributed by atoms with Crippen molar-refractivity contribution in [2.75, 3.05) is 0 Å². The number of aromatic nitrogens is 2. The lowest BCUT2D eigenvalue weighted by Gasteiger charge is -2.16. The van der Waals surface area contributed by atoms with Gasteiger partial charge < -0.3 is 5.32 Å². The van der Waals surface area contributed by atoms with Gasteiger partial charge in [-0.15, -0.1) is 0 Å². The number of nitrogens with one attached hydrogen (secondary N) is 1. The summed E-state index contributed by atoms with van der Waals surface area (Å²) in [5, 5.41) is 2.85. The average Bonchev–Trinajstić information content (AvgIpc) is 3.47. The van der Waals surface area contributed by atoms with Gasteiger partial charge in [-0.3, -0.25) is 14.2 Å². The number of hydrogen-bond donors (Lipinski definition) is 1. The Labute approximate surface area is 163 Å². The lowest BCUT2D eigenvalue weighted by molar-refractivity contribution is -0.120. The minimum atomic E-state index is -0.879. The molecule has 1 fully saturated rings. The lowest BCUT2D eigenvalue weighted by Crippen LogP contribution is -2.33. The van der Waals surface area contributed by atoms with Crippen LogP contribution in [0.25, 0.3) is 16.6 Å². The summed E-state index contributed by atoms with van der Waals surface area (Å²) in [5.74, 6) is -1.79. The van der Waals surface area contributed by atoms with E-state index in [-0.39, 0.29) is 22.8 Å². The highest BCUT2D eigenvalue weighted by Crippen LogP contribution is 2.27. The molecule has 1 aliphatic rings. The van der Waals surface area contributed by atoms with E-state index in [1.807, 2.05) is 0 Å². The van der Waals surface area contributed by atoms with Crippen molar-refractivity contribution in [3.05, 3.63) is 64.5 Å². The van der Waals surface area contributed by atoms with Crippen molar-refractivity contribution in [1.29, 1.82) is 0 Å². The van der Waals surface area contributed by atoms with Crippen LogP contribution in [0.2, 0.25) is 0 Å². The number of carbonyl (C=O) groups is 1. The Bertz CT molecular complexity index is 1130. The van der Waals surface area contributed by atoms with E-state index in [0.29, 0.717) is 17.0 Å². The molecule has 0 spiro atoms. The highest BCUT2D eigenvalue weighted by Gasteiger charge is 2.27. The molecule has 144 valence electrons. The number of para-hydroxylation sites is 1. The van der Waals surface area contributed by atoms with Crippen LogP contribution in [0.15, 0.2) is 52.4 Å². The summed E-state index contributed by atoms with van der Waals surface area (Å²) in [6.45, 7) is 1.70. The summed E-state index contributed by atoms with van der Waals surface area (Å²) < 4.78 is 28.9. The molecule has 0 aliphatic heterocycles. The monoisotopic (exact) mass is 401 g/mol. The van der Waals surface area contributed by atoms with Gasteiger partial charge in [0.15, 0.2) is 5.16 Å². The lowest BCUT2D eigenvalue weighted by atomic mass is 10.2. The maximum atomic E-state index is 14.5. The zero-order valence-electron chi connectivity index (χ0n) is 15.0. The highest BCUT2D eigenvalue weighted by atomic mass is 32.2. The molecule has 1 atom stereocenters. The summed E-state index contributed by atoms with van der Waals surface area (Å²) >= 11 is 1.06. The SMILES string of the molecule is CC(Sc1nc2ccccc2c(=O)n1-c1ccc(F)cc1F)C(=O)NC1CC1. The Morgan fingerprint density at radius 2 is 2.00 bits per heavy atom. The maximum Gasteiger partial charge on any atom is 0.266 e. The predicted molar refractivity (Wildman–Crippen MR) is 104 cm³/mol. The number of rotatable bonds is 5. The number of nitrogens with zero attached hydrogens (tertiary/aromatic N) is 2. The Morgan fingerprint density at radius 3 is 2.71 bits per heavy atom. The van der Waals surface area contributed by atoms with Crippen molar-refractivity contribution in [1.82, 2.24) is 14.9 Å². The van der Waals surface area contributed by atoms with Gasteiger partial charge in [-0.25, -0.2) is 13.8 Å². The van der Waals surface area contributed by atoms with E-state index in [1.165, 1.54) is 6.07 Å². The fourth-order valence-electron chi connectivity index (χ4n) is 2.82. The topological polar surface area (TPSA) is 64.0 Å². The third-order valence-corrected chi connectivity index (χ3v) is 5.52. The van der Waals surface area contributed by atoms with Crippen LogP contribution < -0.4 is 10.9 Å². The Balaban J connectivity index is 1.83. The molecule has 5 nitrogen and oxygen atoms in total. The van der Waals surface area contributed by atoms with E-state index < -0.39 is 22.4 Å². The molecule has 1 amide bonds. The van der Waals surface area contributed by atoms with Gasteiger partial charge >= 0.3 is 0 Å². The zero-order valence-corrected chi connectivity index (χ0v) is 15.8. The van der Waals surface area contributed by atoms with Crippen LogP contribution in [0.3, 0.4) is 0 Å². The van der Waals surface area contributed by atoms with Gasteiger partial charge in [-0.05, 0) is 44.0 Å². The summed E-state index contributed by atoms with van der Waals surface area (Å²) in [6, 6.07) is 9.91. The van der Waals surface area contributed by atoms with Crippen LogP contribution in [-0.2, 0) is 4.79 Å². The number of thioether (sulfide) groups is 1. The molecule has 1 aliphatic carbocycles. The molecule has 0 radical (unpaired) electrons. The average molecular weight is 401 g/mol. The van der Waals surface area contributed by atoms with Crippen LogP contribution in [0.4, 0.5) is 8.78 Å². The molecule has 0 saturated heterocycles. The van der Waals surface area contributed by atoms with Gasteiger partial charge in [-0.1, -0.05) is 23.9 Å². The second-order valence-corrected chi connectivity index (χ2v) is 8.00. The Hall–Kier alpha value is -2.74. The standard InChI is InChI=1S/C20H17F2N3O2S/c1-11(18(26)23-13-7-8-13)28-20-24-16-5-3-2-4-14(16)19(27)25(20)17-9-6-12(21)10-15(17)22/h2-6,9-11,13H,7-8H2,1H3,(H,23,26). The first-order chi connectivity index (χ1) is 13.4. The number of carbonyl (C=O) groups excluding carboxylic acids is 1. The summed E-state index contributed by atoms with van der Waals surface area (Å²) in [7, 11) is 0. The van der Waals surface area contributed by atoms with Crippen molar-refractivity contribution < 1.29 is 13.6 Å². The Morgan fingerprint density at radius 1 is 1.25 bits per heavy atom. The number of amides is 1. The van der Waals surface area contributed by atoms with Gasteiger partial charge in [0, 0.05) is 12.1 Å². The first kappa shape index (κ1) is 18.6. The van der Waals surface area contributed by atoms with Crippen LogP contribution in [0.5, 0.6) is 0 Å². The maximum absolute atomic E-state index is 14.5. The first-order valence-electron chi connectivity index (χ1n) is 8.88. The molecule has 1 unspecified atom stereocenters. The molecular weight excluding hydrogens is 384 g/mol. The van der Waals surface area contributed by atoms with Gasteiger partial charge in [-0.2, -0.15) is 0 Å². The minimum Gasteiger partial charge on any atom is -0.352 e. The van der Waals surface area contributed by atoms with E-state index in [2.05, 4.69) is 10.3 Å². The molecule has 28 heavy (non-hydrogen) atoms. The summed E-state index contributed by atoms with van der Waals surface area (Å²) in [5.41, 5.74) is -0.140. The molecule has 1 heterocycles. The largest absolute Gasteiger partial charge is 0.352 e. The summed E-state index contributed by atoms with van der Waals surface area (Å²) in [4.78, 5) is 29.9. The molecule has 1 saturated carbocycles. The van der Waals surface area contributed by atoms with E-state index in [1.54, 1.807) is 31.2 Å². The fraction of sp³-hybridized carbons (Fsp3) is 0.250. The molecule has 3 aromatic rings. The van der Waals surface area contributed by atoms with Crippen LogP contribution >= 0.6 is 11.8 Å². The molecule has 4 rings (SSSR count). The fourth-order valence-corrected chi connectivity index (χ4v) is 3.75. The zero-order chi connectivity index (χ0) is 19.8. The second kappa shape index (κ2) is 7.35. The number of fused-ring (bicyclic) bond motifs is 1. The smallest absolute Gasteiger partial charge is 0.266 e. The highest BCUT2D eigenvalue weighted by molar-refractivity contribution is 8.00. The predicted octanol–water partition coefficient (Wildman–Crippen LogP) is 3.42. The molecular formula is C20H17F2N3O2S. The third kappa shape index (κ3) is 3.64. The number of hydrogen-bond acceptors (Lipinski definition) is 4. The summed E-state index contributed by atoms with van der Waals surface area (Å²) in [6.07, 6.45) is 1.92. The Kier molecular flexibility index (Phi) is 4.89. The van der Waals surface area contributed by atoms with Gasteiger partial charge in [0.1, 0.15) is 11.6 Å². The van der Waals surface area contributed by atoms with Crippen LogP contribution in [0, 0.1) is 11.6 Å². The van der Waals surface area contributed by atoms with Crippen molar-refractivity contribution in [2.24, 2.45) is 0 Å². The van der Waals surface area contributed by atoms with Crippen molar-refractivity contribution >= 4 is 28.6 Å². The minimum absolute atomic E-state index is 0.109. The quantitative estimate of drug-likeness (QED) is 0.526. The molecule has 0 bridgehead atoms. The van der Waals surface area contributed by atoms with Crippen molar-refractivity contribution in [3.63, 3.8) is 0 Å². The van der Waals surface area contributed by atoms with Crippen LogP contribution in [0.1, 0.15) is 19.8 Å². The van der Waals surface area contributed by atoms with Gasteiger partial charge in [0.05, 0.1) is 21.8 Å². The van der Waals surface area contributed by atoms with E-state index in [9.17, 15) is 18.4 Å². The van der Waals surface area contributed by atoms with Crippen molar-refractivity contribution in [2.45, 2.75) is 36.2 Å². The molecule has 1 N–H and O–H groups in total. The van der Waals surface area contributed by atoms with Gasteiger partial charge in [0.25, 0.3) is 5.56 Å². The number of benzene rings is 2. The molecule has 8 heteroatoms. The third-order valence-electron chi connectivity index (χ3n) is 4.47.